The molecule has 0 aromatic carbocycles. The van der Waals surface area contributed by atoms with E-state index in [2.05, 4.69) is 32.0 Å². The van der Waals surface area contributed by atoms with Crippen LogP contribution in [0.3, 0.4) is 0 Å². The lowest BCUT2D eigenvalue weighted by atomic mass is 10.2. The Morgan fingerprint density at radius 2 is 2.29 bits per heavy atom. The highest BCUT2D eigenvalue weighted by molar-refractivity contribution is 5.64. The summed E-state index contributed by atoms with van der Waals surface area (Å²) in [5.41, 5.74) is 12.0. The van der Waals surface area contributed by atoms with Crippen LogP contribution in [0.25, 0.3) is 11.4 Å². The van der Waals surface area contributed by atoms with Crippen molar-refractivity contribution in [3.05, 3.63) is 11.9 Å². The predicted molar refractivity (Wildman–Crippen MR) is 51.1 cm³/mol. The van der Waals surface area contributed by atoms with Crippen LogP contribution in [-0.2, 0) is 0 Å². The summed E-state index contributed by atoms with van der Waals surface area (Å²) in [4.78, 5) is 6.72. The van der Waals surface area contributed by atoms with E-state index < -0.39 is 0 Å². The zero-order valence-corrected chi connectivity index (χ0v) is 7.28. The lowest BCUT2D eigenvalue weighted by Crippen LogP contribution is -1.97. The normalized spacial score (nSPS) is 9.79. The first-order valence-electron chi connectivity index (χ1n) is 3.97. The molecule has 0 bridgehead atoms. The number of aromatic amines is 1. The number of rotatable bonds is 0. The van der Waals surface area contributed by atoms with Crippen LogP contribution in [0.1, 0.15) is 5.69 Å². The maximum Gasteiger partial charge on any atom is 0.199 e. The van der Waals surface area contributed by atoms with Crippen LogP contribution in [-0.4, -0.2) is 26.7 Å². The molecule has 0 saturated heterocycles. The fourth-order valence-corrected chi connectivity index (χ4v) is 1.05. The molecule has 5 N–H and O–H groups in total. The SMILES string of the molecule is NCC#Cc1nnc2nc(N)[nH]cc1-2. The molecule has 2 aliphatic heterocycles. The lowest BCUT2D eigenvalue weighted by molar-refractivity contribution is 1.05. The van der Waals surface area contributed by atoms with Crippen LogP contribution >= 0.6 is 0 Å². The molecule has 0 saturated carbocycles. The van der Waals surface area contributed by atoms with Crippen molar-refractivity contribution in [2.45, 2.75) is 0 Å². The largest absolute Gasteiger partial charge is 0.369 e. The van der Waals surface area contributed by atoms with E-state index in [0.717, 1.165) is 5.56 Å². The molecule has 14 heavy (non-hydrogen) atoms. The molecular weight excluding hydrogens is 180 g/mol. The quantitative estimate of drug-likeness (QED) is 0.469. The van der Waals surface area contributed by atoms with Gasteiger partial charge in [0.25, 0.3) is 0 Å². The Labute approximate surface area is 80.1 Å². The van der Waals surface area contributed by atoms with Gasteiger partial charge in [-0.05, 0) is 5.92 Å². The van der Waals surface area contributed by atoms with Crippen LogP contribution < -0.4 is 11.5 Å². The zero-order valence-electron chi connectivity index (χ0n) is 7.28. The van der Waals surface area contributed by atoms with Gasteiger partial charge < -0.3 is 16.5 Å². The maximum atomic E-state index is 5.44. The molecular formula is C8H8N6. The van der Waals surface area contributed by atoms with Gasteiger partial charge in [0, 0.05) is 6.20 Å². The Hall–Kier alpha value is -2.13. The van der Waals surface area contributed by atoms with E-state index in [-0.39, 0.29) is 0 Å². The lowest BCUT2D eigenvalue weighted by Gasteiger charge is -1.96. The number of nitrogen functional groups attached to an aromatic ring is 1. The number of aromatic nitrogens is 4. The third-order valence-electron chi connectivity index (χ3n) is 1.64. The molecule has 6 nitrogen and oxygen atoms in total. The summed E-state index contributed by atoms with van der Waals surface area (Å²) >= 11 is 0. The summed E-state index contributed by atoms with van der Waals surface area (Å²) in [6.45, 7) is 0.292. The minimum atomic E-state index is 0.292. The smallest absolute Gasteiger partial charge is 0.199 e. The van der Waals surface area contributed by atoms with Crippen LogP contribution in [0.2, 0.25) is 0 Å². The van der Waals surface area contributed by atoms with E-state index in [1.165, 1.54) is 0 Å². The minimum Gasteiger partial charge on any atom is -0.369 e. The monoisotopic (exact) mass is 188 g/mol. The highest BCUT2D eigenvalue weighted by Crippen LogP contribution is 2.19. The average Bonchev–Trinajstić information content (AvgIpc) is 2.57. The average molecular weight is 188 g/mol. The summed E-state index contributed by atoms with van der Waals surface area (Å²) in [6, 6.07) is 0. The summed E-state index contributed by atoms with van der Waals surface area (Å²) < 4.78 is 0. The molecule has 6 heteroatoms. The predicted octanol–water partition coefficient (Wildman–Crippen LogP) is -0.803. The number of fused-ring (bicyclic) bond motifs is 1. The molecule has 0 unspecified atom stereocenters. The van der Waals surface area contributed by atoms with E-state index in [9.17, 15) is 0 Å². The van der Waals surface area contributed by atoms with Gasteiger partial charge in [0.05, 0.1) is 12.1 Å². The van der Waals surface area contributed by atoms with Gasteiger partial charge in [-0.1, -0.05) is 5.92 Å². The van der Waals surface area contributed by atoms with Gasteiger partial charge in [-0.15, -0.1) is 10.2 Å². The van der Waals surface area contributed by atoms with Gasteiger partial charge in [0.2, 0.25) is 0 Å². The molecule has 0 aliphatic carbocycles. The molecule has 70 valence electrons. The number of H-pyrrole nitrogens is 1. The van der Waals surface area contributed by atoms with E-state index in [0.29, 0.717) is 24.0 Å². The number of hydrogen-bond donors (Lipinski definition) is 3. The molecule has 2 aliphatic rings. The molecule has 0 aromatic heterocycles. The van der Waals surface area contributed by atoms with Gasteiger partial charge in [-0.25, -0.2) is 0 Å². The second-order valence-corrected chi connectivity index (χ2v) is 2.58. The third kappa shape index (κ3) is 1.36. The number of nitrogens with two attached hydrogens (primary N) is 2. The molecule has 2 heterocycles. The Bertz CT molecular complexity index is 477. The Kier molecular flexibility index (Phi) is 2.01. The van der Waals surface area contributed by atoms with Crippen molar-refractivity contribution in [2.24, 2.45) is 5.73 Å². The van der Waals surface area contributed by atoms with Crippen LogP contribution in [0, 0.1) is 11.8 Å². The molecule has 0 spiro atoms. The zero-order chi connectivity index (χ0) is 9.97. The second kappa shape index (κ2) is 3.32. The summed E-state index contributed by atoms with van der Waals surface area (Å²) in [7, 11) is 0. The molecule has 0 amide bonds. The highest BCUT2D eigenvalue weighted by atomic mass is 15.2. The van der Waals surface area contributed by atoms with Gasteiger partial charge in [0.15, 0.2) is 11.8 Å². The molecule has 0 atom stereocenters. The second-order valence-electron chi connectivity index (χ2n) is 2.58. The van der Waals surface area contributed by atoms with Crippen LogP contribution in [0.15, 0.2) is 6.20 Å². The molecule has 0 aromatic rings. The Balaban J connectivity index is 2.51. The highest BCUT2D eigenvalue weighted by Gasteiger charge is 2.12. The van der Waals surface area contributed by atoms with Crippen LogP contribution in [0.4, 0.5) is 5.95 Å². The summed E-state index contributed by atoms with van der Waals surface area (Å²) in [6.07, 6.45) is 1.68. The Morgan fingerprint density at radius 3 is 3.07 bits per heavy atom. The standard InChI is InChI=1S/C8H8N6/c9-3-1-2-6-5-4-11-8(10)12-7(5)14-13-6/h4H,3,9H2,(H3,10,11,12,13,14). The first-order chi connectivity index (χ1) is 6.81. The van der Waals surface area contributed by atoms with Crippen LogP contribution in [0.5, 0.6) is 0 Å². The molecule has 0 fully saturated rings. The van der Waals surface area contributed by atoms with Crippen molar-refractivity contribution in [1.29, 1.82) is 0 Å². The minimum absolute atomic E-state index is 0.292. The number of hydrogen-bond acceptors (Lipinski definition) is 5. The van der Waals surface area contributed by atoms with Gasteiger partial charge in [0.1, 0.15) is 5.69 Å². The fraction of sp³-hybridized carbons (Fsp3) is 0.125. The Morgan fingerprint density at radius 1 is 1.43 bits per heavy atom. The van der Waals surface area contributed by atoms with Crippen molar-refractivity contribution in [2.75, 3.05) is 12.3 Å². The van der Waals surface area contributed by atoms with Crippen molar-refractivity contribution in [3.8, 4) is 23.2 Å². The topological polar surface area (TPSA) is 106 Å². The summed E-state index contributed by atoms with van der Waals surface area (Å²) in [5.74, 6) is 6.29. The number of nitrogens with zero attached hydrogens (tertiary/aromatic N) is 3. The first-order valence-corrected chi connectivity index (χ1v) is 3.97. The maximum absolute atomic E-state index is 5.44. The van der Waals surface area contributed by atoms with Gasteiger partial charge >= 0.3 is 0 Å². The van der Waals surface area contributed by atoms with Crippen molar-refractivity contribution >= 4 is 5.95 Å². The third-order valence-corrected chi connectivity index (χ3v) is 1.64. The van der Waals surface area contributed by atoms with Gasteiger partial charge in [-0.2, -0.15) is 4.98 Å². The van der Waals surface area contributed by atoms with Gasteiger partial charge in [-0.3, -0.25) is 0 Å². The number of nitrogens with one attached hydrogen (secondary N) is 1. The van der Waals surface area contributed by atoms with E-state index in [4.69, 9.17) is 11.5 Å². The van der Waals surface area contributed by atoms with Crippen molar-refractivity contribution < 1.29 is 0 Å². The van der Waals surface area contributed by atoms with E-state index >= 15 is 0 Å². The molecule has 0 radical (unpaired) electrons. The van der Waals surface area contributed by atoms with E-state index in [1.807, 2.05) is 0 Å². The summed E-state index contributed by atoms with van der Waals surface area (Å²) in [5, 5.41) is 7.68. The first kappa shape index (κ1) is 8.47. The van der Waals surface area contributed by atoms with E-state index in [1.54, 1.807) is 6.20 Å². The fourth-order valence-electron chi connectivity index (χ4n) is 1.05. The molecule has 2 rings (SSSR count). The van der Waals surface area contributed by atoms with Crippen molar-refractivity contribution in [3.63, 3.8) is 0 Å². The number of anilines is 1. The van der Waals surface area contributed by atoms with Crippen molar-refractivity contribution in [1.82, 2.24) is 20.2 Å².